The molecule has 8 nitrogen and oxygen atoms in total. The van der Waals surface area contributed by atoms with Crippen LogP contribution in [-0.4, -0.2) is 36.3 Å². The highest BCUT2D eigenvalue weighted by atomic mass is 32.2. The second-order valence-electron chi connectivity index (χ2n) is 7.65. The van der Waals surface area contributed by atoms with Crippen LogP contribution in [0, 0.1) is 12.8 Å². The molecule has 1 aliphatic rings. The van der Waals surface area contributed by atoms with Gasteiger partial charge in [0.15, 0.2) is 0 Å². The van der Waals surface area contributed by atoms with E-state index < -0.39 is 10.0 Å². The number of piperidine rings is 1. The molecular formula is C21H25N3O5S2. The van der Waals surface area contributed by atoms with E-state index in [4.69, 9.17) is 4.42 Å². The number of amides is 1. The van der Waals surface area contributed by atoms with Gasteiger partial charge in [0.1, 0.15) is 11.5 Å². The molecule has 2 aromatic heterocycles. The third-order valence-corrected chi connectivity index (χ3v) is 8.49. The fraction of sp³-hybridized carbons (Fsp3) is 0.429. The summed E-state index contributed by atoms with van der Waals surface area (Å²) in [5.41, 5.74) is 0.749. The lowest BCUT2D eigenvalue weighted by Gasteiger charge is -2.30. The Morgan fingerprint density at radius 1 is 1.23 bits per heavy atom. The first-order chi connectivity index (χ1) is 14.8. The van der Waals surface area contributed by atoms with Crippen molar-refractivity contribution < 1.29 is 17.6 Å². The smallest absolute Gasteiger partial charge is 0.308 e. The summed E-state index contributed by atoms with van der Waals surface area (Å²) < 4.78 is 35.4. The van der Waals surface area contributed by atoms with E-state index in [1.165, 1.54) is 4.31 Å². The molecule has 0 unspecified atom stereocenters. The van der Waals surface area contributed by atoms with Crippen LogP contribution in [0.3, 0.4) is 0 Å². The highest BCUT2D eigenvalue weighted by molar-refractivity contribution is 7.89. The Hall–Kier alpha value is -2.43. The minimum Gasteiger partial charge on any atom is -0.465 e. The standard InChI is InChI=1S/C21H25N3O5S2/c1-3-24-18-7-6-17(12-19(18)30-21(24)26)31(27,28)23-10-8-15(9-11-23)20(25)22-13-16-5-4-14(2)29-16/h4-7,12,15H,3,8-11,13H2,1-2H3,(H,22,25). The molecule has 1 N–H and O–H groups in total. The number of benzene rings is 1. The molecular weight excluding hydrogens is 438 g/mol. The van der Waals surface area contributed by atoms with Gasteiger partial charge in [-0.2, -0.15) is 4.31 Å². The van der Waals surface area contributed by atoms with Crippen LogP contribution in [0.15, 0.2) is 44.4 Å². The first-order valence-corrected chi connectivity index (χ1v) is 12.5. The molecule has 31 heavy (non-hydrogen) atoms. The van der Waals surface area contributed by atoms with Crippen molar-refractivity contribution in [3.63, 3.8) is 0 Å². The molecule has 166 valence electrons. The summed E-state index contributed by atoms with van der Waals surface area (Å²) in [6.07, 6.45) is 0.925. The van der Waals surface area contributed by atoms with E-state index >= 15 is 0 Å². The molecule has 1 aromatic carbocycles. The average Bonchev–Trinajstić information content (AvgIpc) is 3.32. The van der Waals surface area contributed by atoms with Crippen LogP contribution >= 0.6 is 11.3 Å². The first-order valence-electron chi connectivity index (χ1n) is 10.3. The number of hydrogen-bond acceptors (Lipinski definition) is 6. The average molecular weight is 464 g/mol. The molecule has 3 aromatic rings. The number of rotatable bonds is 6. The van der Waals surface area contributed by atoms with E-state index in [1.54, 1.807) is 22.8 Å². The molecule has 0 atom stereocenters. The van der Waals surface area contributed by atoms with E-state index in [1.807, 2.05) is 26.0 Å². The Labute approximate surface area is 184 Å². The molecule has 0 bridgehead atoms. The fourth-order valence-corrected chi connectivity index (χ4v) is 6.48. The molecule has 3 heterocycles. The maximum Gasteiger partial charge on any atom is 0.308 e. The van der Waals surface area contributed by atoms with E-state index in [0.717, 1.165) is 22.6 Å². The largest absolute Gasteiger partial charge is 0.465 e. The number of nitrogens with one attached hydrogen (secondary N) is 1. The van der Waals surface area contributed by atoms with Crippen molar-refractivity contribution in [2.45, 2.75) is 44.7 Å². The number of aromatic nitrogens is 1. The summed E-state index contributed by atoms with van der Waals surface area (Å²) in [5.74, 6) is 1.17. The maximum atomic E-state index is 13.1. The van der Waals surface area contributed by atoms with Crippen LogP contribution in [0.25, 0.3) is 10.2 Å². The number of thiazole rings is 1. The van der Waals surface area contributed by atoms with Crippen LogP contribution < -0.4 is 10.2 Å². The van der Waals surface area contributed by atoms with Crippen LogP contribution in [0.4, 0.5) is 0 Å². The molecule has 1 amide bonds. The van der Waals surface area contributed by atoms with E-state index in [2.05, 4.69) is 5.32 Å². The van der Waals surface area contributed by atoms with Gasteiger partial charge in [0.2, 0.25) is 15.9 Å². The van der Waals surface area contributed by atoms with Crippen molar-refractivity contribution >= 4 is 37.5 Å². The SMILES string of the molecule is CCn1c(=O)sc2cc(S(=O)(=O)N3CCC(C(=O)NCc4ccc(C)o4)CC3)ccc21. The molecule has 0 aliphatic carbocycles. The molecule has 0 saturated carbocycles. The first kappa shape index (κ1) is 21.8. The molecule has 0 radical (unpaired) electrons. The fourth-order valence-electron chi connectivity index (χ4n) is 3.91. The van der Waals surface area contributed by atoms with Crippen LogP contribution in [0.2, 0.25) is 0 Å². The lowest BCUT2D eigenvalue weighted by Crippen LogP contribution is -2.42. The van der Waals surface area contributed by atoms with Crippen molar-refractivity contribution in [2.24, 2.45) is 5.92 Å². The van der Waals surface area contributed by atoms with Crippen molar-refractivity contribution in [3.05, 3.63) is 51.5 Å². The van der Waals surface area contributed by atoms with Gasteiger partial charge in [-0.25, -0.2) is 8.42 Å². The second-order valence-corrected chi connectivity index (χ2v) is 10.6. The molecule has 1 aliphatic heterocycles. The number of carbonyl (C=O) groups excluding carboxylic acids is 1. The van der Waals surface area contributed by atoms with Gasteiger partial charge in [-0.05, 0) is 57.0 Å². The number of carbonyl (C=O) groups is 1. The summed E-state index contributed by atoms with van der Waals surface area (Å²) in [7, 11) is -3.68. The number of nitrogens with zero attached hydrogens (tertiary/aromatic N) is 2. The zero-order chi connectivity index (χ0) is 22.2. The summed E-state index contributed by atoms with van der Waals surface area (Å²) in [6, 6.07) is 8.50. The van der Waals surface area contributed by atoms with Crippen molar-refractivity contribution in [1.82, 2.24) is 14.2 Å². The Bertz CT molecular complexity index is 1260. The molecule has 1 fully saturated rings. The van der Waals surface area contributed by atoms with E-state index in [9.17, 15) is 18.0 Å². The lowest BCUT2D eigenvalue weighted by molar-refractivity contribution is -0.126. The van der Waals surface area contributed by atoms with Crippen molar-refractivity contribution in [1.29, 1.82) is 0 Å². The van der Waals surface area contributed by atoms with Gasteiger partial charge in [0, 0.05) is 25.6 Å². The quantitative estimate of drug-likeness (QED) is 0.606. The molecule has 0 spiro atoms. The molecule has 1 saturated heterocycles. The summed E-state index contributed by atoms with van der Waals surface area (Å²) in [6.45, 7) is 5.16. The van der Waals surface area contributed by atoms with Gasteiger partial charge in [-0.1, -0.05) is 11.3 Å². The Morgan fingerprint density at radius 3 is 2.61 bits per heavy atom. The Kier molecular flexibility index (Phi) is 6.05. The Morgan fingerprint density at radius 2 is 1.97 bits per heavy atom. The third kappa shape index (κ3) is 4.32. The zero-order valence-corrected chi connectivity index (χ0v) is 19.1. The van der Waals surface area contributed by atoms with Crippen LogP contribution in [-0.2, 0) is 27.9 Å². The number of furan rings is 1. The number of hydrogen-bond donors (Lipinski definition) is 1. The van der Waals surface area contributed by atoms with Gasteiger partial charge >= 0.3 is 4.87 Å². The molecule has 10 heteroatoms. The maximum absolute atomic E-state index is 13.1. The van der Waals surface area contributed by atoms with Crippen LogP contribution in [0.1, 0.15) is 31.3 Å². The second kappa shape index (κ2) is 8.60. The highest BCUT2D eigenvalue weighted by Gasteiger charge is 2.32. The Balaban J connectivity index is 1.41. The predicted molar refractivity (Wildman–Crippen MR) is 119 cm³/mol. The monoisotopic (exact) mass is 463 g/mol. The molecule has 4 rings (SSSR count). The number of aryl methyl sites for hydroxylation is 2. The van der Waals surface area contributed by atoms with Gasteiger partial charge in [-0.3, -0.25) is 14.2 Å². The number of sulfonamides is 1. The van der Waals surface area contributed by atoms with Crippen molar-refractivity contribution in [3.8, 4) is 0 Å². The highest BCUT2D eigenvalue weighted by Crippen LogP contribution is 2.27. The van der Waals surface area contributed by atoms with Gasteiger partial charge in [0.05, 0.1) is 21.7 Å². The van der Waals surface area contributed by atoms with E-state index in [-0.39, 0.29) is 34.7 Å². The topological polar surface area (TPSA) is 102 Å². The van der Waals surface area contributed by atoms with Gasteiger partial charge in [0.25, 0.3) is 0 Å². The number of fused-ring (bicyclic) bond motifs is 1. The van der Waals surface area contributed by atoms with E-state index in [0.29, 0.717) is 36.4 Å². The predicted octanol–water partition coefficient (Wildman–Crippen LogP) is 2.70. The van der Waals surface area contributed by atoms with Crippen LogP contribution in [0.5, 0.6) is 0 Å². The third-order valence-electron chi connectivity index (χ3n) is 5.65. The minimum atomic E-state index is -3.68. The summed E-state index contributed by atoms with van der Waals surface area (Å²) in [5, 5.41) is 2.87. The zero-order valence-electron chi connectivity index (χ0n) is 17.5. The summed E-state index contributed by atoms with van der Waals surface area (Å²) >= 11 is 1.05. The van der Waals surface area contributed by atoms with Crippen molar-refractivity contribution in [2.75, 3.05) is 13.1 Å². The van der Waals surface area contributed by atoms with Gasteiger partial charge in [-0.15, -0.1) is 0 Å². The normalized spacial score (nSPS) is 16.1. The summed E-state index contributed by atoms with van der Waals surface area (Å²) in [4.78, 5) is 24.6. The van der Waals surface area contributed by atoms with Gasteiger partial charge < -0.3 is 9.73 Å². The lowest BCUT2D eigenvalue weighted by atomic mass is 9.97. The minimum absolute atomic E-state index is 0.0850.